The monoisotopic (exact) mass is 516 g/mol. The molecule has 35 heavy (non-hydrogen) atoms. The molecule has 2 aliphatic rings. The lowest BCUT2D eigenvalue weighted by atomic mass is 9.93. The molecule has 2 aliphatic heterocycles. The summed E-state index contributed by atoms with van der Waals surface area (Å²) in [5, 5.41) is -0.0965. The highest BCUT2D eigenvalue weighted by molar-refractivity contribution is 7.69. The molecule has 8 nitrogen and oxygen atoms in total. The zero-order valence-electron chi connectivity index (χ0n) is 19.6. The average molecular weight is 516 g/mol. The van der Waals surface area contributed by atoms with Crippen LogP contribution in [0.25, 0.3) is 11.1 Å². The van der Waals surface area contributed by atoms with Crippen molar-refractivity contribution in [3.63, 3.8) is 0 Å². The van der Waals surface area contributed by atoms with Crippen LogP contribution in [0.4, 0.5) is 13.2 Å². The van der Waals surface area contributed by atoms with Crippen LogP contribution in [-0.4, -0.2) is 41.3 Å². The molecule has 1 N–H and O–H groups in total. The van der Waals surface area contributed by atoms with Crippen molar-refractivity contribution in [2.75, 3.05) is 13.2 Å². The van der Waals surface area contributed by atoms with Crippen LogP contribution in [0.2, 0.25) is 0 Å². The van der Waals surface area contributed by atoms with Gasteiger partial charge < -0.3 is 4.74 Å². The Morgan fingerprint density at radius 2 is 1.83 bits per heavy atom. The highest BCUT2D eigenvalue weighted by Crippen LogP contribution is 2.60. The fraction of sp³-hybridized carbons (Fsp3) is 0.478. The van der Waals surface area contributed by atoms with Gasteiger partial charge in [0.25, 0.3) is 0 Å². The number of hydrogen-bond acceptors (Lipinski definition) is 8. The van der Waals surface area contributed by atoms with Crippen LogP contribution in [0.5, 0.6) is 0 Å². The smallest absolute Gasteiger partial charge is 0.404 e. The van der Waals surface area contributed by atoms with Crippen molar-refractivity contribution in [1.29, 1.82) is 0 Å². The first kappa shape index (κ1) is 25.9. The summed E-state index contributed by atoms with van der Waals surface area (Å²) in [6, 6.07) is 4.78. The number of rotatable bonds is 5. The van der Waals surface area contributed by atoms with E-state index in [4.69, 9.17) is 23.3 Å². The lowest BCUT2D eigenvalue weighted by Crippen LogP contribution is -2.55. The molecular formula is C23H26F3NO7P+. The molecule has 0 saturated carbocycles. The zero-order valence-corrected chi connectivity index (χ0v) is 20.5. The van der Waals surface area contributed by atoms with Gasteiger partial charge in [-0.05, 0) is 32.4 Å². The highest BCUT2D eigenvalue weighted by Gasteiger charge is 2.54. The standard InChI is InChI=1S/C23H26F3NO7P/c1-5-22(32-15(4)33-22)34-21(28)18-13(2)27-14(3)20(35(29)30-11-8-12-31-35)19(18)16-9-6-7-10-17(16)23(24,25)26/h6-7,9-10,15,29H,5,8,11-12H2,1-4H3/q+1. The van der Waals surface area contributed by atoms with Gasteiger partial charge in [-0.3, -0.25) is 14.5 Å². The maximum absolute atomic E-state index is 14.1. The molecule has 3 heterocycles. The number of benzene rings is 1. The third kappa shape index (κ3) is 4.81. The van der Waals surface area contributed by atoms with E-state index in [2.05, 4.69) is 4.98 Å². The normalized spacial score (nSPS) is 24.1. The Kier molecular flexibility index (Phi) is 6.95. The second-order valence-corrected chi connectivity index (χ2v) is 10.2. The summed E-state index contributed by atoms with van der Waals surface area (Å²) in [6.45, 7) is 6.54. The number of carbonyl (C=O) groups excluding carboxylic acids is 1. The Morgan fingerprint density at radius 1 is 1.20 bits per heavy atom. The number of esters is 1. The van der Waals surface area contributed by atoms with E-state index < -0.39 is 37.9 Å². The lowest BCUT2D eigenvalue weighted by Gasteiger charge is -2.43. The maximum atomic E-state index is 14.1. The van der Waals surface area contributed by atoms with Crippen LogP contribution in [0, 0.1) is 13.8 Å². The van der Waals surface area contributed by atoms with Crippen LogP contribution in [-0.2, 0) is 29.4 Å². The van der Waals surface area contributed by atoms with E-state index in [1.807, 2.05) is 0 Å². The molecule has 1 aromatic carbocycles. The van der Waals surface area contributed by atoms with Crippen molar-refractivity contribution in [2.24, 2.45) is 0 Å². The summed E-state index contributed by atoms with van der Waals surface area (Å²) in [5.41, 5.74) is -1.53. The van der Waals surface area contributed by atoms with E-state index in [1.165, 1.54) is 32.0 Å². The van der Waals surface area contributed by atoms with Crippen molar-refractivity contribution in [2.45, 2.75) is 59.0 Å². The zero-order chi connectivity index (χ0) is 25.6. The molecule has 2 aromatic rings. The van der Waals surface area contributed by atoms with Crippen molar-refractivity contribution in [3.05, 3.63) is 46.8 Å². The number of pyridine rings is 1. The summed E-state index contributed by atoms with van der Waals surface area (Å²) >= 11 is 0. The van der Waals surface area contributed by atoms with Gasteiger partial charge in [-0.15, -0.1) is 0 Å². The molecule has 0 bridgehead atoms. The third-order valence-electron chi connectivity index (χ3n) is 5.71. The predicted molar refractivity (Wildman–Crippen MR) is 120 cm³/mol. The van der Waals surface area contributed by atoms with E-state index in [0.29, 0.717) is 6.42 Å². The van der Waals surface area contributed by atoms with E-state index in [9.17, 15) is 22.9 Å². The Morgan fingerprint density at radius 3 is 2.40 bits per heavy atom. The predicted octanol–water partition coefficient (Wildman–Crippen LogP) is 4.81. The van der Waals surface area contributed by atoms with E-state index in [-0.39, 0.29) is 53.0 Å². The van der Waals surface area contributed by atoms with E-state index in [0.717, 1.165) is 6.07 Å². The van der Waals surface area contributed by atoms with Gasteiger partial charge in [0.2, 0.25) is 5.30 Å². The van der Waals surface area contributed by atoms with Crippen molar-refractivity contribution in [3.8, 4) is 11.1 Å². The highest BCUT2D eigenvalue weighted by atomic mass is 31.2. The second kappa shape index (κ2) is 9.38. The SMILES string of the molecule is CCC1(OC(=O)c2c(C)nc(C)c([P+]3(O)OCCCO3)c2-c2ccccc2C(F)(F)F)OC(C)O1. The Balaban J connectivity index is 1.99. The number of alkyl halides is 3. The summed E-state index contributed by atoms with van der Waals surface area (Å²) in [6.07, 6.45) is -4.73. The minimum absolute atomic E-state index is 0.0965. The molecule has 0 unspecified atom stereocenters. The van der Waals surface area contributed by atoms with E-state index in [1.54, 1.807) is 13.8 Å². The molecule has 1 aromatic heterocycles. The first-order valence-electron chi connectivity index (χ1n) is 11.1. The second-order valence-electron chi connectivity index (χ2n) is 8.19. The van der Waals surface area contributed by atoms with Gasteiger partial charge in [0, 0.05) is 12.8 Å². The Hall–Kier alpha value is -2.14. The largest absolute Gasteiger partial charge is 0.448 e. The Labute approximate surface area is 200 Å². The quantitative estimate of drug-likeness (QED) is 0.447. The lowest BCUT2D eigenvalue weighted by molar-refractivity contribution is -0.521. The van der Waals surface area contributed by atoms with E-state index >= 15 is 0 Å². The maximum Gasteiger partial charge on any atom is 0.448 e. The number of hydrogen-bond donors (Lipinski definition) is 1. The molecule has 0 spiro atoms. The van der Waals surface area contributed by atoms with Crippen molar-refractivity contribution in [1.82, 2.24) is 4.98 Å². The molecule has 4 rings (SSSR count). The molecule has 0 radical (unpaired) electrons. The van der Waals surface area contributed by atoms with Gasteiger partial charge in [0.05, 0.1) is 28.1 Å². The molecule has 12 heteroatoms. The molecule has 0 aliphatic carbocycles. The molecule has 0 amide bonds. The number of aryl methyl sites for hydroxylation is 2. The number of ether oxygens (including phenoxy) is 3. The van der Waals surface area contributed by atoms with Gasteiger partial charge >= 0.3 is 26.1 Å². The summed E-state index contributed by atoms with van der Waals surface area (Å²) < 4.78 is 69.9. The molecule has 190 valence electrons. The molecule has 2 fully saturated rings. The molecule has 0 atom stereocenters. The minimum atomic E-state index is -4.75. The van der Waals surface area contributed by atoms with Crippen molar-refractivity contribution < 1.29 is 46.1 Å². The third-order valence-corrected chi connectivity index (χ3v) is 7.89. The number of nitrogens with zero attached hydrogens (tertiary/aromatic N) is 1. The fourth-order valence-corrected chi connectivity index (χ4v) is 6.30. The van der Waals surface area contributed by atoms with Gasteiger partial charge in [-0.1, -0.05) is 25.1 Å². The number of aromatic nitrogens is 1. The average Bonchev–Trinajstić information content (AvgIpc) is 2.76. The number of halogens is 3. The Bertz CT molecular complexity index is 1130. The topological polar surface area (TPSA) is 96.3 Å². The first-order valence-corrected chi connectivity index (χ1v) is 12.7. The summed E-state index contributed by atoms with van der Waals surface area (Å²) in [7, 11) is -3.88. The van der Waals surface area contributed by atoms with Gasteiger partial charge in [-0.2, -0.15) is 27.1 Å². The molecular weight excluding hydrogens is 490 g/mol. The van der Waals surface area contributed by atoms with Crippen molar-refractivity contribution >= 4 is 19.2 Å². The minimum Gasteiger partial charge on any atom is -0.404 e. The van der Waals surface area contributed by atoms with Crippen LogP contribution in [0.3, 0.4) is 0 Å². The molecule has 2 saturated heterocycles. The summed E-state index contributed by atoms with van der Waals surface area (Å²) in [5.74, 6) is -2.68. The van der Waals surface area contributed by atoms with Crippen LogP contribution < -0.4 is 5.30 Å². The first-order chi connectivity index (χ1) is 16.4. The van der Waals surface area contributed by atoms with Gasteiger partial charge in [0.15, 0.2) is 6.29 Å². The van der Waals surface area contributed by atoms with Crippen LogP contribution in [0.1, 0.15) is 54.0 Å². The number of carbonyl (C=O) groups is 1. The van der Waals surface area contributed by atoms with Gasteiger partial charge in [-0.25, -0.2) is 4.79 Å². The van der Waals surface area contributed by atoms with Crippen LogP contribution >= 0.6 is 7.94 Å². The summed E-state index contributed by atoms with van der Waals surface area (Å²) in [4.78, 5) is 29.2. The van der Waals surface area contributed by atoms with Crippen LogP contribution in [0.15, 0.2) is 24.3 Å². The fourth-order valence-electron chi connectivity index (χ4n) is 4.24. The van der Waals surface area contributed by atoms with Gasteiger partial charge in [0.1, 0.15) is 13.2 Å².